The van der Waals surface area contributed by atoms with E-state index in [4.69, 9.17) is 11.6 Å². The minimum Gasteiger partial charge on any atom is -0.327 e. The molecule has 2 nitrogen and oxygen atoms in total. The smallest absolute Gasteiger partial charge is 0.327 e. The molecule has 0 aliphatic rings. The van der Waals surface area contributed by atoms with Gasteiger partial charge in [-0.3, -0.25) is 4.79 Å². The van der Waals surface area contributed by atoms with Crippen LogP contribution in [0.25, 0.3) is 0 Å². The third-order valence-corrected chi connectivity index (χ3v) is 3.78. The number of amides is 1. The van der Waals surface area contributed by atoms with Crippen molar-refractivity contribution in [1.82, 2.24) is 4.90 Å². The van der Waals surface area contributed by atoms with E-state index >= 15 is 0 Å². The molecule has 118 valence electrons. The summed E-state index contributed by atoms with van der Waals surface area (Å²) in [5.74, 6) is -0.663. The van der Waals surface area contributed by atoms with Crippen molar-refractivity contribution < 1.29 is 18.0 Å². The van der Waals surface area contributed by atoms with Crippen molar-refractivity contribution in [3.05, 3.63) is 33.3 Å². The second kappa shape index (κ2) is 7.49. The largest absolute Gasteiger partial charge is 0.406 e. The number of carbonyl (C=O) groups is 1. The highest BCUT2D eigenvalue weighted by atomic mass is 79.9. The maximum absolute atomic E-state index is 12.7. The van der Waals surface area contributed by atoms with E-state index in [1.807, 2.05) is 0 Å². The zero-order chi connectivity index (χ0) is 16.2. The zero-order valence-corrected chi connectivity index (χ0v) is 14.0. The van der Waals surface area contributed by atoms with E-state index in [1.165, 1.54) is 12.1 Å². The first-order valence-corrected chi connectivity index (χ1v) is 7.68. The molecule has 1 amide bonds. The number of nitrogens with zero attached hydrogens (tertiary/aromatic N) is 1. The Bertz CT molecular complexity index is 483. The fourth-order valence-corrected chi connectivity index (χ4v) is 2.99. The lowest BCUT2D eigenvalue weighted by atomic mass is 10.1. The fourth-order valence-electron chi connectivity index (χ4n) is 2.13. The Morgan fingerprint density at radius 1 is 1.29 bits per heavy atom. The highest BCUT2D eigenvalue weighted by Crippen LogP contribution is 2.25. The molecule has 21 heavy (non-hydrogen) atoms. The summed E-state index contributed by atoms with van der Waals surface area (Å²) in [7, 11) is 0. The highest BCUT2D eigenvalue weighted by molar-refractivity contribution is 9.10. The normalized spacial score (nSPS) is 11.8. The first-order valence-electron chi connectivity index (χ1n) is 6.51. The summed E-state index contributed by atoms with van der Waals surface area (Å²) in [6, 6.07) is 3.96. The molecule has 7 heteroatoms. The Kier molecular flexibility index (Phi) is 6.53. The van der Waals surface area contributed by atoms with E-state index in [1.54, 1.807) is 19.9 Å². The van der Waals surface area contributed by atoms with Gasteiger partial charge in [-0.1, -0.05) is 41.4 Å². The molecule has 1 rings (SSSR count). The van der Waals surface area contributed by atoms with Gasteiger partial charge in [-0.25, -0.2) is 0 Å². The molecular weight excluding hydrogens is 371 g/mol. The average Bonchev–Trinajstić information content (AvgIpc) is 2.35. The van der Waals surface area contributed by atoms with Crippen molar-refractivity contribution in [2.24, 2.45) is 0 Å². The van der Waals surface area contributed by atoms with Crippen LogP contribution in [0.15, 0.2) is 22.7 Å². The van der Waals surface area contributed by atoms with Crippen molar-refractivity contribution in [3.63, 3.8) is 0 Å². The van der Waals surface area contributed by atoms with Gasteiger partial charge in [-0.2, -0.15) is 13.2 Å². The lowest BCUT2D eigenvalue weighted by Crippen LogP contribution is -2.45. The van der Waals surface area contributed by atoms with Crippen LogP contribution >= 0.6 is 27.5 Å². The number of hydrogen-bond acceptors (Lipinski definition) is 1. The molecule has 0 aliphatic heterocycles. The molecule has 0 aromatic heterocycles. The first-order chi connectivity index (χ1) is 9.67. The van der Waals surface area contributed by atoms with Crippen molar-refractivity contribution in [2.45, 2.75) is 38.9 Å². The third kappa shape index (κ3) is 5.51. The molecule has 0 unspecified atom stereocenters. The third-order valence-electron chi connectivity index (χ3n) is 3.10. The van der Waals surface area contributed by atoms with E-state index in [0.29, 0.717) is 22.3 Å². The van der Waals surface area contributed by atoms with Gasteiger partial charge >= 0.3 is 6.18 Å². The molecule has 0 bridgehead atoms. The predicted molar refractivity (Wildman–Crippen MR) is 80.6 cm³/mol. The summed E-state index contributed by atoms with van der Waals surface area (Å²) in [5, 5.41) is 0.296. The van der Waals surface area contributed by atoms with Gasteiger partial charge in [0.05, 0.1) is 0 Å². The Morgan fingerprint density at radius 3 is 2.29 bits per heavy atom. The van der Waals surface area contributed by atoms with Gasteiger partial charge < -0.3 is 4.90 Å². The van der Waals surface area contributed by atoms with Crippen LogP contribution in [0.5, 0.6) is 0 Å². The molecule has 0 spiro atoms. The number of alkyl halides is 3. The molecule has 0 fully saturated rings. The van der Waals surface area contributed by atoms with Crippen molar-refractivity contribution in [3.8, 4) is 0 Å². The highest BCUT2D eigenvalue weighted by Gasteiger charge is 2.36. The SMILES string of the molecule is CCC(CC)N(CC(F)(F)F)C(=O)c1cc(Cl)cc(Br)c1. The Balaban J connectivity index is 3.14. The van der Waals surface area contributed by atoms with Gasteiger partial charge in [0.2, 0.25) is 0 Å². The van der Waals surface area contributed by atoms with Crippen LogP contribution in [0.3, 0.4) is 0 Å². The van der Waals surface area contributed by atoms with E-state index in [9.17, 15) is 18.0 Å². The molecule has 0 heterocycles. The Labute approximate surface area is 135 Å². The van der Waals surface area contributed by atoms with Crippen LogP contribution in [-0.2, 0) is 0 Å². The minimum absolute atomic E-state index is 0.144. The Hall–Kier alpha value is -0.750. The summed E-state index contributed by atoms with van der Waals surface area (Å²) in [6.45, 7) is 2.26. The second-order valence-corrected chi connectivity index (χ2v) is 6.03. The van der Waals surface area contributed by atoms with E-state index < -0.39 is 24.7 Å². The second-order valence-electron chi connectivity index (χ2n) is 4.68. The number of carbonyl (C=O) groups excluding carboxylic acids is 1. The van der Waals surface area contributed by atoms with Crippen molar-refractivity contribution in [2.75, 3.05) is 6.54 Å². The number of rotatable bonds is 5. The average molecular weight is 387 g/mol. The molecule has 0 N–H and O–H groups in total. The lowest BCUT2D eigenvalue weighted by Gasteiger charge is -2.31. The van der Waals surface area contributed by atoms with Gasteiger partial charge in [-0.15, -0.1) is 0 Å². The van der Waals surface area contributed by atoms with Gasteiger partial charge in [0.15, 0.2) is 0 Å². The number of hydrogen-bond donors (Lipinski definition) is 0. The van der Waals surface area contributed by atoms with Gasteiger partial charge in [-0.05, 0) is 31.0 Å². The fraction of sp³-hybridized carbons (Fsp3) is 0.500. The maximum Gasteiger partial charge on any atom is 0.406 e. The summed E-state index contributed by atoms with van der Waals surface area (Å²) in [5.41, 5.74) is 0.144. The van der Waals surface area contributed by atoms with Gasteiger partial charge in [0, 0.05) is 21.1 Å². The van der Waals surface area contributed by atoms with Crippen molar-refractivity contribution >= 4 is 33.4 Å². The quantitative estimate of drug-likeness (QED) is 0.673. The molecule has 0 atom stereocenters. The lowest BCUT2D eigenvalue weighted by molar-refractivity contribution is -0.144. The van der Waals surface area contributed by atoms with Crippen LogP contribution in [0.1, 0.15) is 37.0 Å². The molecule has 0 saturated carbocycles. The van der Waals surface area contributed by atoms with Crippen molar-refractivity contribution in [1.29, 1.82) is 0 Å². The van der Waals surface area contributed by atoms with Crippen LogP contribution in [0.4, 0.5) is 13.2 Å². The van der Waals surface area contributed by atoms with E-state index in [0.717, 1.165) is 4.90 Å². The first kappa shape index (κ1) is 18.3. The number of halogens is 5. The van der Waals surface area contributed by atoms with Gasteiger partial charge in [0.25, 0.3) is 5.91 Å². The minimum atomic E-state index is -4.44. The summed E-state index contributed by atoms with van der Waals surface area (Å²) >= 11 is 9.04. The zero-order valence-electron chi connectivity index (χ0n) is 11.7. The Morgan fingerprint density at radius 2 is 1.86 bits per heavy atom. The van der Waals surface area contributed by atoms with E-state index in [-0.39, 0.29) is 5.56 Å². The standard InChI is InChI=1S/C14H16BrClF3NO/c1-3-12(4-2)20(8-14(17,18)19)13(21)9-5-10(15)7-11(16)6-9/h5-7,12H,3-4,8H2,1-2H3. The van der Waals surface area contributed by atoms with E-state index in [2.05, 4.69) is 15.9 Å². The van der Waals surface area contributed by atoms with Crippen LogP contribution < -0.4 is 0 Å². The molecule has 0 radical (unpaired) electrons. The van der Waals surface area contributed by atoms with Crippen LogP contribution in [-0.4, -0.2) is 29.6 Å². The molecular formula is C14H16BrClF3NO. The molecule has 0 saturated heterocycles. The van der Waals surface area contributed by atoms with Crippen LogP contribution in [0, 0.1) is 0 Å². The van der Waals surface area contributed by atoms with Gasteiger partial charge in [0.1, 0.15) is 6.54 Å². The number of benzene rings is 1. The monoisotopic (exact) mass is 385 g/mol. The molecule has 1 aromatic carbocycles. The maximum atomic E-state index is 12.7. The van der Waals surface area contributed by atoms with Crippen LogP contribution in [0.2, 0.25) is 5.02 Å². The summed E-state index contributed by atoms with van der Waals surface area (Å²) in [6.07, 6.45) is -3.52. The molecule has 1 aromatic rings. The summed E-state index contributed by atoms with van der Waals surface area (Å²) in [4.78, 5) is 13.3. The molecule has 0 aliphatic carbocycles. The predicted octanol–water partition coefficient (Wildman–Crippen LogP) is 5.30. The topological polar surface area (TPSA) is 20.3 Å². The summed E-state index contributed by atoms with van der Waals surface area (Å²) < 4.78 is 38.8.